The van der Waals surface area contributed by atoms with Crippen LogP contribution in [0, 0.1) is 13.8 Å². The first-order valence-electron chi connectivity index (χ1n) is 5.56. The van der Waals surface area contributed by atoms with E-state index < -0.39 is 0 Å². The van der Waals surface area contributed by atoms with Gasteiger partial charge < -0.3 is 5.73 Å². The molecule has 0 aliphatic rings. The van der Waals surface area contributed by atoms with Crippen LogP contribution in [0.2, 0.25) is 5.02 Å². The van der Waals surface area contributed by atoms with Crippen LogP contribution >= 0.6 is 11.6 Å². The van der Waals surface area contributed by atoms with Gasteiger partial charge in [0, 0.05) is 0 Å². The lowest BCUT2D eigenvalue weighted by atomic mass is 10.0. The van der Waals surface area contributed by atoms with E-state index in [1.54, 1.807) is 10.9 Å². The first kappa shape index (κ1) is 12.0. The minimum Gasteiger partial charge on any atom is -0.383 e. The van der Waals surface area contributed by atoms with E-state index in [0.717, 1.165) is 0 Å². The van der Waals surface area contributed by atoms with Gasteiger partial charge in [0.05, 0.1) is 12.2 Å². The van der Waals surface area contributed by atoms with Gasteiger partial charge in [-0.2, -0.15) is 5.10 Å². The molecule has 0 amide bonds. The molecule has 4 heteroatoms. The van der Waals surface area contributed by atoms with Crippen LogP contribution < -0.4 is 5.73 Å². The molecule has 0 aliphatic heterocycles. The Kier molecular flexibility index (Phi) is 3.11. The average molecular weight is 250 g/mol. The fraction of sp³-hybridized carbons (Fsp3) is 0.308. The van der Waals surface area contributed by atoms with Crippen molar-refractivity contribution in [2.75, 3.05) is 5.73 Å². The van der Waals surface area contributed by atoms with Crippen LogP contribution in [0.15, 0.2) is 24.4 Å². The molecule has 2 rings (SSSR count). The van der Waals surface area contributed by atoms with Crippen molar-refractivity contribution < 1.29 is 0 Å². The van der Waals surface area contributed by atoms with Gasteiger partial charge in [0.1, 0.15) is 10.8 Å². The van der Waals surface area contributed by atoms with E-state index in [1.807, 2.05) is 0 Å². The number of aryl methyl sites for hydroxylation is 2. The van der Waals surface area contributed by atoms with E-state index in [4.69, 9.17) is 17.3 Å². The molecule has 1 heterocycles. The number of nitrogen functional groups attached to an aromatic ring is 1. The van der Waals surface area contributed by atoms with Crippen LogP contribution in [0.3, 0.4) is 0 Å². The SMILES string of the molecule is Cc1ccc(C(C)n2ncc(Cl)c2N)c(C)c1. The molecular weight excluding hydrogens is 234 g/mol. The molecule has 1 unspecified atom stereocenters. The first-order chi connectivity index (χ1) is 8.00. The standard InChI is InChI=1S/C13H16ClN3/c1-8-4-5-11(9(2)6-8)10(3)17-13(15)12(14)7-16-17/h4-7,10H,15H2,1-3H3. The number of benzene rings is 1. The third kappa shape index (κ3) is 2.15. The van der Waals surface area contributed by atoms with Crippen molar-refractivity contribution in [3.05, 3.63) is 46.1 Å². The van der Waals surface area contributed by atoms with Crippen molar-refractivity contribution in [1.82, 2.24) is 9.78 Å². The topological polar surface area (TPSA) is 43.8 Å². The summed E-state index contributed by atoms with van der Waals surface area (Å²) in [6.45, 7) is 6.25. The number of anilines is 1. The Bertz CT molecular complexity index is 546. The van der Waals surface area contributed by atoms with Crippen LogP contribution in [0.1, 0.15) is 29.7 Å². The van der Waals surface area contributed by atoms with E-state index in [1.165, 1.54) is 16.7 Å². The smallest absolute Gasteiger partial charge is 0.141 e. The van der Waals surface area contributed by atoms with E-state index in [-0.39, 0.29) is 6.04 Å². The quantitative estimate of drug-likeness (QED) is 0.887. The lowest BCUT2D eigenvalue weighted by Gasteiger charge is -2.17. The normalized spacial score (nSPS) is 12.7. The lowest BCUT2D eigenvalue weighted by Crippen LogP contribution is -2.12. The summed E-state index contributed by atoms with van der Waals surface area (Å²) in [4.78, 5) is 0. The highest BCUT2D eigenvalue weighted by Gasteiger charge is 2.15. The maximum absolute atomic E-state index is 5.92. The Morgan fingerprint density at radius 3 is 2.59 bits per heavy atom. The van der Waals surface area contributed by atoms with Crippen molar-refractivity contribution in [2.45, 2.75) is 26.8 Å². The number of nitrogens with two attached hydrogens (primary N) is 1. The van der Waals surface area contributed by atoms with Gasteiger partial charge in [-0.05, 0) is 31.9 Å². The number of rotatable bonds is 2. The first-order valence-corrected chi connectivity index (χ1v) is 5.94. The summed E-state index contributed by atoms with van der Waals surface area (Å²) in [6.07, 6.45) is 1.58. The maximum Gasteiger partial charge on any atom is 0.141 e. The second kappa shape index (κ2) is 4.41. The molecule has 1 aromatic carbocycles. The molecule has 0 spiro atoms. The van der Waals surface area contributed by atoms with Gasteiger partial charge in [0.15, 0.2) is 0 Å². The molecule has 0 saturated heterocycles. The molecule has 2 aromatic rings. The van der Waals surface area contributed by atoms with Gasteiger partial charge in [-0.25, -0.2) is 4.68 Å². The Balaban J connectivity index is 2.43. The number of hydrogen-bond donors (Lipinski definition) is 1. The summed E-state index contributed by atoms with van der Waals surface area (Å²) in [5.41, 5.74) is 9.59. The van der Waals surface area contributed by atoms with E-state index >= 15 is 0 Å². The van der Waals surface area contributed by atoms with Crippen molar-refractivity contribution >= 4 is 17.4 Å². The maximum atomic E-state index is 5.92. The lowest BCUT2D eigenvalue weighted by molar-refractivity contribution is 0.570. The Labute approximate surface area is 106 Å². The molecule has 17 heavy (non-hydrogen) atoms. The van der Waals surface area contributed by atoms with Crippen LogP contribution in [0.4, 0.5) is 5.82 Å². The van der Waals surface area contributed by atoms with Crippen LogP contribution in [-0.2, 0) is 0 Å². The van der Waals surface area contributed by atoms with Gasteiger partial charge in [-0.1, -0.05) is 35.4 Å². The third-order valence-electron chi connectivity index (χ3n) is 3.03. The van der Waals surface area contributed by atoms with E-state index in [2.05, 4.69) is 44.1 Å². The van der Waals surface area contributed by atoms with Crippen molar-refractivity contribution in [3.8, 4) is 0 Å². The summed E-state index contributed by atoms with van der Waals surface area (Å²) in [5, 5.41) is 4.72. The molecule has 0 bridgehead atoms. The predicted molar refractivity (Wildman–Crippen MR) is 71.4 cm³/mol. The summed E-state index contributed by atoms with van der Waals surface area (Å²) < 4.78 is 1.75. The molecule has 3 nitrogen and oxygen atoms in total. The number of nitrogens with zero attached hydrogens (tertiary/aromatic N) is 2. The van der Waals surface area contributed by atoms with Gasteiger partial charge in [-0.3, -0.25) is 0 Å². The van der Waals surface area contributed by atoms with Crippen LogP contribution in [-0.4, -0.2) is 9.78 Å². The van der Waals surface area contributed by atoms with E-state index in [0.29, 0.717) is 10.8 Å². The third-order valence-corrected chi connectivity index (χ3v) is 3.32. The minimum absolute atomic E-state index is 0.0862. The highest BCUT2D eigenvalue weighted by atomic mass is 35.5. The zero-order valence-corrected chi connectivity index (χ0v) is 11.0. The second-order valence-corrected chi connectivity index (χ2v) is 4.77. The monoisotopic (exact) mass is 249 g/mol. The number of hydrogen-bond acceptors (Lipinski definition) is 2. The van der Waals surface area contributed by atoms with Crippen LogP contribution in [0.25, 0.3) is 0 Å². The Morgan fingerprint density at radius 1 is 1.35 bits per heavy atom. The van der Waals surface area contributed by atoms with Crippen molar-refractivity contribution in [3.63, 3.8) is 0 Å². The zero-order valence-electron chi connectivity index (χ0n) is 10.2. The molecule has 0 fully saturated rings. The van der Waals surface area contributed by atoms with Gasteiger partial charge in [0.25, 0.3) is 0 Å². The fourth-order valence-corrected chi connectivity index (χ4v) is 2.22. The highest BCUT2D eigenvalue weighted by molar-refractivity contribution is 6.32. The molecule has 1 atom stereocenters. The summed E-state index contributed by atoms with van der Waals surface area (Å²) in [6, 6.07) is 6.46. The minimum atomic E-state index is 0.0862. The molecule has 0 aliphatic carbocycles. The largest absolute Gasteiger partial charge is 0.383 e. The fourth-order valence-electron chi connectivity index (χ4n) is 2.09. The Hall–Kier alpha value is -1.48. The highest BCUT2D eigenvalue weighted by Crippen LogP contribution is 2.27. The van der Waals surface area contributed by atoms with Crippen molar-refractivity contribution in [2.24, 2.45) is 0 Å². The van der Waals surface area contributed by atoms with Gasteiger partial charge >= 0.3 is 0 Å². The molecule has 1 aromatic heterocycles. The zero-order chi connectivity index (χ0) is 12.6. The Morgan fingerprint density at radius 2 is 2.06 bits per heavy atom. The van der Waals surface area contributed by atoms with Crippen LogP contribution in [0.5, 0.6) is 0 Å². The number of halogens is 1. The molecule has 90 valence electrons. The number of aromatic nitrogens is 2. The summed E-state index contributed by atoms with van der Waals surface area (Å²) in [7, 11) is 0. The molecule has 2 N–H and O–H groups in total. The van der Waals surface area contributed by atoms with Crippen molar-refractivity contribution in [1.29, 1.82) is 0 Å². The molecule has 0 radical (unpaired) electrons. The van der Waals surface area contributed by atoms with Gasteiger partial charge in [-0.15, -0.1) is 0 Å². The predicted octanol–water partition coefficient (Wildman–Crippen LogP) is 3.34. The molecular formula is C13H16ClN3. The summed E-state index contributed by atoms with van der Waals surface area (Å²) in [5.74, 6) is 0.513. The average Bonchev–Trinajstić information content (AvgIpc) is 2.59. The molecule has 0 saturated carbocycles. The summed E-state index contributed by atoms with van der Waals surface area (Å²) >= 11 is 5.92. The second-order valence-electron chi connectivity index (χ2n) is 4.36. The van der Waals surface area contributed by atoms with Gasteiger partial charge in [0.2, 0.25) is 0 Å². The van der Waals surface area contributed by atoms with E-state index in [9.17, 15) is 0 Å².